The van der Waals surface area contributed by atoms with Crippen molar-refractivity contribution in [1.82, 2.24) is 9.47 Å². The van der Waals surface area contributed by atoms with Crippen LogP contribution in [0.15, 0.2) is 53.5 Å². The van der Waals surface area contributed by atoms with Crippen LogP contribution in [0.5, 0.6) is 5.75 Å². The Bertz CT molecular complexity index is 1200. The number of likely N-dealkylation sites (N-methyl/N-ethyl adjacent to an activating group) is 1. The van der Waals surface area contributed by atoms with Crippen LogP contribution in [0.4, 0.5) is 5.69 Å². The maximum atomic E-state index is 13.3. The van der Waals surface area contributed by atoms with Crippen molar-refractivity contribution in [3.05, 3.63) is 64.6 Å². The summed E-state index contributed by atoms with van der Waals surface area (Å²) in [4.78, 5) is 18.0. The molecule has 174 valence electrons. The summed E-state index contributed by atoms with van der Waals surface area (Å²) in [5, 5.41) is 1.58. The molecule has 1 aromatic heterocycles. The van der Waals surface area contributed by atoms with E-state index in [-0.39, 0.29) is 11.7 Å². The van der Waals surface area contributed by atoms with Crippen molar-refractivity contribution in [2.75, 3.05) is 45.3 Å². The van der Waals surface area contributed by atoms with Gasteiger partial charge in [0.1, 0.15) is 12.4 Å². The van der Waals surface area contributed by atoms with E-state index < -0.39 is 0 Å². The zero-order valence-electron chi connectivity index (χ0n) is 19.8. The van der Waals surface area contributed by atoms with Gasteiger partial charge in [0, 0.05) is 43.0 Å². The van der Waals surface area contributed by atoms with Crippen LogP contribution < -0.4 is 15.2 Å². The number of aryl methyl sites for hydroxylation is 1. The average Bonchev–Trinajstić information content (AvgIpc) is 3.51. The Kier molecular flexibility index (Phi) is 6.13. The fourth-order valence-electron chi connectivity index (χ4n) is 4.97. The average molecular weight is 448 g/mol. The summed E-state index contributed by atoms with van der Waals surface area (Å²) >= 11 is 0. The van der Waals surface area contributed by atoms with Crippen LogP contribution in [0.2, 0.25) is 0 Å². The Labute approximate surface area is 195 Å². The van der Waals surface area contributed by atoms with E-state index in [4.69, 9.17) is 9.47 Å². The van der Waals surface area contributed by atoms with E-state index >= 15 is 0 Å². The molecule has 2 aliphatic heterocycles. The van der Waals surface area contributed by atoms with Gasteiger partial charge < -0.3 is 19.3 Å². The van der Waals surface area contributed by atoms with Gasteiger partial charge in [0.05, 0.1) is 11.8 Å². The number of ether oxygens (including phenoxy) is 2. The molecule has 0 spiro atoms. The van der Waals surface area contributed by atoms with Gasteiger partial charge in [0.2, 0.25) is 0 Å². The van der Waals surface area contributed by atoms with Crippen molar-refractivity contribution in [2.45, 2.75) is 38.3 Å². The Balaban J connectivity index is 1.37. The molecule has 2 fully saturated rings. The van der Waals surface area contributed by atoms with Crippen molar-refractivity contribution in [3.8, 4) is 11.4 Å². The lowest BCUT2D eigenvalue weighted by atomic mass is 10.1. The first-order chi connectivity index (χ1) is 16.0. The molecule has 2 aliphatic rings. The molecule has 0 N–H and O–H groups in total. The Morgan fingerprint density at radius 1 is 1.12 bits per heavy atom. The van der Waals surface area contributed by atoms with E-state index in [9.17, 15) is 4.79 Å². The minimum absolute atomic E-state index is 0.0112. The lowest BCUT2D eigenvalue weighted by Gasteiger charge is -2.23. The molecule has 3 heterocycles. The molecular weight excluding hydrogens is 414 g/mol. The third kappa shape index (κ3) is 4.50. The Morgan fingerprint density at radius 3 is 2.73 bits per heavy atom. The molecule has 2 atom stereocenters. The zero-order valence-corrected chi connectivity index (χ0v) is 19.8. The highest BCUT2D eigenvalue weighted by atomic mass is 16.5. The van der Waals surface area contributed by atoms with Gasteiger partial charge >= 0.3 is 0 Å². The lowest BCUT2D eigenvalue weighted by molar-refractivity contribution is 0.0680. The Morgan fingerprint density at radius 2 is 2.00 bits per heavy atom. The highest BCUT2D eigenvalue weighted by Gasteiger charge is 2.24. The SMILES string of the molecule is Cc1cc(N2CCC(N(C)C)C2)ccc1-n1ccc2cc(OCC3CCCO3)ccc2c1=O. The van der Waals surface area contributed by atoms with E-state index in [1.807, 2.05) is 30.5 Å². The smallest absolute Gasteiger partial charge is 0.262 e. The van der Waals surface area contributed by atoms with Gasteiger partial charge in [-0.25, -0.2) is 0 Å². The predicted molar refractivity (Wildman–Crippen MR) is 133 cm³/mol. The summed E-state index contributed by atoms with van der Waals surface area (Å²) in [6.45, 7) is 5.56. The highest BCUT2D eigenvalue weighted by molar-refractivity contribution is 5.83. The van der Waals surface area contributed by atoms with Crippen LogP contribution in [0.1, 0.15) is 24.8 Å². The van der Waals surface area contributed by atoms with E-state index in [1.165, 1.54) is 12.1 Å². The number of nitrogens with zero attached hydrogens (tertiary/aromatic N) is 3. The molecule has 0 saturated carbocycles. The number of benzene rings is 2. The largest absolute Gasteiger partial charge is 0.491 e. The molecule has 2 saturated heterocycles. The number of hydrogen-bond acceptors (Lipinski definition) is 5. The highest BCUT2D eigenvalue weighted by Crippen LogP contribution is 2.27. The second kappa shape index (κ2) is 9.20. The topological polar surface area (TPSA) is 46.9 Å². The summed E-state index contributed by atoms with van der Waals surface area (Å²) in [6, 6.07) is 14.7. The van der Waals surface area contributed by atoms with Crippen molar-refractivity contribution < 1.29 is 9.47 Å². The number of anilines is 1. The number of rotatable bonds is 6. The third-order valence-electron chi connectivity index (χ3n) is 7.03. The molecule has 0 aliphatic carbocycles. The van der Waals surface area contributed by atoms with E-state index in [0.717, 1.165) is 54.9 Å². The number of fused-ring (bicyclic) bond motifs is 1. The van der Waals surface area contributed by atoms with E-state index in [1.54, 1.807) is 4.57 Å². The van der Waals surface area contributed by atoms with Crippen molar-refractivity contribution in [1.29, 1.82) is 0 Å². The maximum Gasteiger partial charge on any atom is 0.262 e. The summed E-state index contributed by atoms with van der Waals surface area (Å²) in [7, 11) is 4.29. The van der Waals surface area contributed by atoms with Crippen LogP contribution in [-0.2, 0) is 4.74 Å². The van der Waals surface area contributed by atoms with Crippen LogP contribution >= 0.6 is 0 Å². The quantitative estimate of drug-likeness (QED) is 0.572. The second-order valence-corrected chi connectivity index (χ2v) is 9.51. The minimum Gasteiger partial charge on any atom is -0.491 e. The molecule has 0 radical (unpaired) electrons. The summed E-state index contributed by atoms with van der Waals surface area (Å²) in [6.07, 6.45) is 5.37. The molecule has 6 nitrogen and oxygen atoms in total. The standard InChI is InChI=1S/C27H33N3O3/c1-19-15-21(29-12-11-22(17-29)28(2)3)6-9-26(19)30-13-10-20-16-23(7-8-25(20)27(30)31)33-18-24-5-4-14-32-24/h6-10,13,15-16,22,24H,4-5,11-12,14,17-18H2,1-3H3. The zero-order chi connectivity index (χ0) is 22.9. The Hall–Kier alpha value is -2.83. The number of aromatic nitrogens is 1. The summed E-state index contributed by atoms with van der Waals surface area (Å²) < 4.78 is 13.3. The van der Waals surface area contributed by atoms with Gasteiger partial charge in [-0.1, -0.05) is 0 Å². The summed E-state index contributed by atoms with van der Waals surface area (Å²) in [5.74, 6) is 0.775. The first kappa shape index (κ1) is 22.0. The van der Waals surface area contributed by atoms with E-state index in [2.05, 4.69) is 49.0 Å². The fourth-order valence-corrected chi connectivity index (χ4v) is 4.97. The molecule has 6 heteroatoms. The molecule has 5 rings (SSSR count). The number of pyridine rings is 1. The fraction of sp³-hybridized carbons (Fsp3) is 0.444. The minimum atomic E-state index is -0.0112. The van der Waals surface area contributed by atoms with Gasteiger partial charge in [-0.15, -0.1) is 0 Å². The van der Waals surface area contributed by atoms with Crippen LogP contribution in [0, 0.1) is 6.92 Å². The molecule has 33 heavy (non-hydrogen) atoms. The molecule has 2 unspecified atom stereocenters. The number of hydrogen-bond donors (Lipinski definition) is 0. The second-order valence-electron chi connectivity index (χ2n) is 9.51. The van der Waals surface area contributed by atoms with Gasteiger partial charge in [-0.3, -0.25) is 9.36 Å². The normalized spacial score (nSPS) is 20.8. The van der Waals surface area contributed by atoms with Crippen molar-refractivity contribution in [2.24, 2.45) is 0 Å². The summed E-state index contributed by atoms with van der Waals surface area (Å²) in [5.41, 5.74) is 3.23. The van der Waals surface area contributed by atoms with Gasteiger partial charge in [0.15, 0.2) is 0 Å². The van der Waals surface area contributed by atoms with Crippen LogP contribution in [0.25, 0.3) is 16.5 Å². The lowest BCUT2D eigenvalue weighted by Crippen LogP contribution is -2.31. The van der Waals surface area contributed by atoms with Gasteiger partial charge in [0.25, 0.3) is 5.56 Å². The molecule has 3 aromatic rings. The van der Waals surface area contributed by atoms with Crippen LogP contribution in [0.3, 0.4) is 0 Å². The molecular formula is C27H33N3O3. The van der Waals surface area contributed by atoms with Gasteiger partial charge in [-0.2, -0.15) is 0 Å². The predicted octanol–water partition coefficient (Wildman–Crippen LogP) is 4.00. The molecule has 0 bridgehead atoms. The first-order valence-corrected chi connectivity index (χ1v) is 11.9. The maximum absolute atomic E-state index is 13.3. The first-order valence-electron chi connectivity index (χ1n) is 11.9. The van der Waals surface area contributed by atoms with E-state index in [0.29, 0.717) is 18.0 Å². The molecule has 2 aromatic carbocycles. The van der Waals surface area contributed by atoms with Crippen molar-refractivity contribution >= 4 is 16.5 Å². The monoisotopic (exact) mass is 447 g/mol. The van der Waals surface area contributed by atoms with Crippen molar-refractivity contribution in [3.63, 3.8) is 0 Å². The van der Waals surface area contributed by atoms with Crippen LogP contribution in [-0.4, -0.2) is 62.0 Å². The van der Waals surface area contributed by atoms with Gasteiger partial charge in [-0.05, 0) is 93.7 Å². The molecule has 0 amide bonds. The third-order valence-corrected chi connectivity index (χ3v) is 7.03.